The molecule has 3 rings (SSSR count). The van der Waals surface area contributed by atoms with Crippen molar-refractivity contribution in [1.82, 2.24) is 10.0 Å². The van der Waals surface area contributed by atoms with Crippen molar-refractivity contribution in [1.29, 1.82) is 0 Å². The first-order valence-corrected chi connectivity index (χ1v) is 8.54. The van der Waals surface area contributed by atoms with Gasteiger partial charge in [0.25, 0.3) is 0 Å². The Kier molecular flexibility index (Phi) is 5.15. The maximum absolute atomic E-state index is 13.9. The van der Waals surface area contributed by atoms with Crippen molar-refractivity contribution in [3.63, 3.8) is 0 Å². The summed E-state index contributed by atoms with van der Waals surface area (Å²) in [5.74, 6) is -0.890. The molecule has 8 heteroatoms. The third kappa shape index (κ3) is 3.51. The molecule has 4 nitrogen and oxygen atoms in total. The highest BCUT2D eigenvalue weighted by Gasteiger charge is 2.35. The number of fused-ring (bicyclic) bond motifs is 2. The van der Waals surface area contributed by atoms with E-state index in [0.29, 0.717) is 12.1 Å². The molecule has 2 N–H and O–H groups in total. The number of rotatable bonds is 3. The van der Waals surface area contributed by atoms with Gasteiger partial charge < -0.3 is 5.32 Å². The van der Waals surface area contributed by atoms with E-state index < -0.39 is 15.8 Å². The normalized spacial score (nSPS) is 28.2. The van der Waals surface area contributed by atoms with Gasteiger partial charge in [-0.05, 0) is 37.8 Å². The number of nitrogens with one attached hydrogen (secondary N) is 2. The third-order valence-corrected chi connectivity index (χ3v) is 5.83. The zero-order valence-electron chi connectivity index (χ0n) is 11.2. The second-order valence-electron chi connectivity index (χ2n) is 5.48. The Hall–Kier alpha value is -0.400. The van der Waals surface area contributed by atoms with Crippen LogP contribution in [0.3, 0.4) is 0 Å². The second kappa shape index (κ2) is 6.38. The summed E-state index contributed by atoms with van der Waals surface area (Å²) in [6, 6.07) is 4.60. The van der Waals surface area contributed by atoms with Crippen LogP contribution in [0.2, 0.25) is 5.02 Å². The maximum atomic E-state index is 13.9. The summed E-state index contributed by atoms with van der Waals surface area (Å²) < 4.78 is 41.0. The predicted molar refractivity (Wildman–Crippen MR) is 81.9 cm³/mol. The molecule has 21 heavy (non-hydrogen) atoms. The molecule has 0 aromatic heterocycles. The van der Waals surface area contributed by atoms with Gasteiger partial charge in [0.05, 0.1) is 5.02 Å². The average Bonchev–Trinajstić information content (AvgIpc) is 2.71. The lowest BCUT2D eigenvalue weighted by Crippen LogP contribution is -2.48. The minimum atomic E-state index is -3.87. The maximum Gasteiger partial charge on any atom is 0.243 e. The van der Waals surface area contributed by atoms with Gasteiger partial charge in [-0.25, -0.2) is 17.5 Å². The van der Waals surface area contributed by atoms with Crippen molar-refractivity contribution in [2.75, 3.05) is 0 Å². The van der Waals surface area contributed by atoms with Crippen molar-refractivity contribution >= 4 is 34.0 Å². The molecule has 2 bridgehead atoms. The Morgan fingerprint density at radius 1 is 1.24 bits per heavy atom. The van der Waals surface area contributed by atoms with Crippen LogP contribution in [0.25, 0.3) is 0 Å². The van der Waals surface area contributed by atoms with Crippen LogP contribution < -0.4 is 10.0 Å². The molecule has 0 amide bonds. The summed E-state index contributed by atoms with van der Waals surface area (Å²) in [6.07, 6.45) is 3.65. The molecule has 2 fully saturated rings. The Bertz CT molecular complexity index is 615. The molecular formula is C13H17Cl2FN2O2S. The number of benzene rings is 1. The van der Waals surface area contributed by atoms with Crippen LogP contribution in [0.1, 0.15) is 25.7 Å². The molecule has 118 valence electrons. The number of halogens is 3. The van der Waals surface area contributed by atoms with E-state index in [1.807, 2.05) is 0 Å². The fourth-order valence-electron chi connectivity index (χ4n) is 3.13. The number of hydrogen-bond acceptors (Lipinski definition) is 3. The number of piperidine rings is 1. The van der Waals surface area contributed by atoms with E-state index in [0.717, 1.165) is 25.7 Å². The van der Waals surface area contributed by atoms with Crippen LogP contribution in [0, 0.1) is 5.82 Å². The average molecular weight is 355 g/mol. The first-order valence-electron chi connectivity index (χ1n) is 6.68. The lowest BCUT2D eigenvalue weighted by atomic mass is 10.0. The molecule has 1 aromatic carbocycles. The molecule has 2 aliphatic heterocycles. The Morgan fingerprint density at radius 3 is 2.48 bits per heavy atom. The molecule has 0 aliphatic carbocycles. The largest absolute Gasteiger partial charge is 0.311 e. The highest BCUT2D eigenvalue weighted by molar-refractivity contribution is 7.89. The van der Waals surface area contributed by atoms with Gasteiger partial charge in [0.15, 0.2) is 5.82 Å². The second-order valence-corrected chi connectivity index (χ2v) is 7.57. The number of hydrogen-bond donors (Lipinski definition) is 2. The topological polar surface area (TPSA) is 58.2 Å². The fraction of sp³-hybridized carbons (Fsp3) is 0.538. The van der Waals surface area contributed by atoms with Crippen molar-refractivity contribution in [2.24, 2.45) is 0 Å². The van der Waals surface area contributed by atoms with E-state index in [1.54, 1.807) is 0 Å². The van der Waals surface area contributed by atoms with Crippen molar-refractivity contribution in [3.8, 4) is 0 Å². The van der Waals surface area contributed by atoms with Crippen molar-refractivity contribution in [3.05, 3.63) is 29.0 Å². The number of sulfonamides is 1. The molecule has 2 heterocycles. The van der Waals surface area contributed by atoms with E-state index in [9.17, 15) is 12.8 Å². The molecule has 1 aromatic rings. The Morgan fingerprint density at radius 2 is 1.86 bits per heavy atom. The van der Waals surface area contributed by atoms with Crippen LogP contribution in [-0.2, 0) is 10.0 Å². The lowest BCUT2D eigenvalue weighted by molar-refractivity contribution is 0.345. The lowest BCUT2D eigenvalue weighted by Gasteiger charge is -2.29. The van der Waals surface area contributed by atoms with Gasteiger partial charge in [-0.1, -0.05) is 17.7 Å². The van der Waals surface area contributed by atoms with Gasteiger partial charge >= 0.3 is 0 Å². The molecule has 2 saturated heterocycles. The summed E-state index contributed by atoms with van der Waals surface area (Å²) >= 11 is 5.64. The predicted octanol–water partition coefficient (Wildman–Crippen LogP) is 2.46. The molecule has 2 aliphatic rings. The van der Waals surface area contributed by atoms with Gasteiger partial charge in [0, 0.05) is 18.1 Å². The van der Waals surface area contributed by atoms with Gasteiger partial charge in [-0.2, -0.15) is 0 Å². The quantitative estimate of drug-likeness (QED) is 0.876. The van der Waals surface area contributed by atoms with E-state index >= 15 is 0 Å². The molecule has 0 saturated carbocycles. The van der Waals surface area contributed by atoms with Gasteiger partial charge in [0.2, 0.25) is 10.0 Å². The van der Waals surface area contributed by atoms with Crippen LogP contribution in [-0.4, -0.2) is 26.5 Å². The SMILES string of the molecule is Cl.O=S(=O)(NC1CC2CCC(C1)N2)c1cccc(Cl)c1F. The summed E-state index contributed by atoms with van der Waals surface area (Å²) in [4.78, 5) is -0.379. The fourth-order valence-corrected chi connectivity index (χ4v) is 4.72. The van der Waals surface area contributed by atoms with E-state index in [4.69, 9.17) is 11.6 Å². The highest BCUT2D eigenvalue weighted by atomic mass is 35.5. The van der Waals surface area contributed by atoms with Gasteiger partial charge in [0.1, 0.15) is 4.90 Å². The van der Waals surface area contributed by atoms with E-state index in [-0.39, 0.29) is 28.4 Å². The van der Waals surface area contributed by atoms with Gasteiger partial charge in [-0.15, -0.1) is 12.4 Å². The summed E-state index contributed by atoms with van der Waals surface area (Å²) in [6.45, 7) is 0. The van der Waals surface area contributed by atoms with Crippen molar-refractivity contribution < 1.29 is 12.8 Å². The van der Waals surface area contributed by atoms with Crippen LogP contribution in [0.15, 0.2) is 23.1 Å². The summed E-state index contributed by atoms with van der Waals surface area (Å²) in [7, 11) is -3.87. The molecule has 2 unspecified atom stereocenters. The molecular weight excluding hydrogens is 338 g/mol. The van der Waals surface area contributed by atoms with Crippen molar-refractivity contribution in [2.45, 2.75) is 48.7 Å². The summed E-state index contributed by atoms with van der Waals surface area (Å²) in [5, 5.41) is 3.25. The highest BCUT2D eigenvalue weighted by Crippen LogP contribution is 2.28. The molecule has 2 atom stereocenters. The minimum absolute atomic E-state index is 0. The van der Waals surface area contributed by atoms with E-state index in [1.165, 1.54) is 18.2 Å². The minimum Gasteiger partial charge on any atom is -0.311 e. The van der Waals surface area contributed by atoms with Gasteiger partial charge in [-0.3, -0.25) is 0 Å². The Labute approximate surface area is 134 Å². The first-order chi connectivity index (χ1) is 9.45. The van der Waals surface area contributed by atoms with Crippen LogP contribution in [0.5, 0.6) is 0 Å². The third-order valence-electron chi connectivity index (χ3n) is 4.00. The standard InChI is InChI=1S/C13H16ClFN2O2S.ClH/c14-11-2-1-3-12(13(11)15)20(18,19)17-10-6-8-4-5-9(7-10)16-8;/h1-3,8-10,16-17H,4-7H2;1H. The smallest absolute Gasteiger partial charge is 0.243 e. The molecule has 0 radical (unpaired) electrons. The first kappa shape index (κ1) is 17.0. The van der Waals surface area contributed by atoms with E-state index in [2.05, 4.69) is 10.0 Å². The zero-order chi connectivity index (χ0) is 14.3. The zero-order valence-corrected chi connectivity index (χ0v) is 13.6. The summed E-state index contributed by atoms with van der Waals surface area (Å²) in [5.41, 5.74) is 0. The van der Waals surface area contributed by atoms with Crippen LogP contribution >= 0.6 is 24.0 Å². The van der Waals surface area contributed by atoms with Crippen LogP contribution in [0.4, 0.5) is 4.39 Å². The molecule has 0 spiro atoms. The monoisotopic (exact) mass is 354 g/mol. The Balaban J connectivity index is 0.00000161.